The van der Waals surface area contributed by atoms with E-state index in [0.29, 0.717) is 13.1 Å². The second-order valence-electron chi connectivity index (χ2n) is 4.86. The number of rotatable bonds is 4. The summed E-state index contributed by atoms with van der Waals surface area (Å²) in [4.78, 5) is 25.3. The monoisotopic (exact) mass is 281 g/mol. The molecular formula is C14H19NO5. The summed E-state index contributed by atoms with van der Waals surface area (Å²) >= 11 is 0. The lowest BCUT2D eigenvalue weighted by Gasteiger charge is -2.30. The van der Waals surface area contributed by atoms with Gasteiger partial charge >= 0.3 is 11.9 Å². The Morgan fingerprint density at radius 3 is 2.90 bits per heavy atom. The number of carbonyl (C=O) groups excluding carboxylic acids is 2. The van der Waals surface area contributed by atoms with Crippen molar-refractivity contribution in [2.75, 3.05) is 27.3 Å². The number of hydrogen-bond donors (Lipinski definition) is 0. The summed E-state index contributed by atoms with van der Waals surface area (Å²) in [6.07, 6.45) is 3.26. The number of piperidine rings is 1. The summed E-state index contributed by atoms with van der Waals surface area (Å²) in [5.74, 6) is -0.517. The number of furan rings is 1. The fourth-order valence-corrected chi connectivity index (χ4v) is 2.53. The van der Waals surface area contributed by atoms with Gasteiger partial charge < -0.3 is 13.9 Å². The van der Waals surface area contributed by atoms with E-state index in [1.54, 1.807) is 6.07 Å². The topological polar surface area (TPSA) is 69.0 Å². The van der Waals surface area contributed by atoms with Crippen LogP contribution in [0.5, 0.6) is 0 Å². The molecule has 0 aromatic carbocycles. The predicted molar refractivity (Wildman–Crippen MR) is 70.1 cm³/mol. The van der Waals surface area contributed by atoms with Crippen LogP contribution in [0.3, 0.4) is 0 Å². The summed E-state index contributed by atoms with van der Waals surface area (Å²) in [6.45, 7) is 2.09. The average molecular weight is 281 g/mol. The fraction of sp³-hybridized carbons (Fsp3) is 0.571. The SMILES string of the molecule is COC(=O)c1occc1CN1CCCC(C(=O)OC)C1. The van der Waals surface area contributed by atoms with Crippen LogP contribution in [0.15, 0.2) is 16.7 Å². The van der Waals surface area contributed by atoms with Crippen LogP contribution in [0, 0.1) is 5.92 Å². The molecule has 0 radical (unpaired) electrons. The van der Waals surface area contributed by atoms with Gasteiger partial charge in [-0.15, -0.1) is 0 Å². The van der Waals surface area contributed by atoms with Crippen molar-refractivity contribution >= 4 is 11.9 Å². The summed E-state index contributed by atoms with van der Waals surface area (Å²) < 4.78 is 14.6. The van der Waals surface area contributed by atoms with E-state index < -0.39 is 5.97 Å². The molecule has 6 nitrogen and oxygen atoms in total. The van der Waals surface area contributed by atoms with Gasteiger partial charge in [0.1, 0.15) is 0 Å². The Balaban J connectivity index is 2.01. The molecule has 6 heteroatoms. The third kappa shape index (κ3) is 3.19. The smallest absolute Gasteiger partial charge is 0.374 e. The van der Waals surface area contributed by atoms with Crippen LogP contribution < -0.4 is 0 Å². The van der Waals surface area contributed by atoms with Crippen molar-refractivity contribution in [3.05, 3.63) is 23.7 Å². The lowest BCUT2D eigenvalue weighted by molar-refractivity contribution is -0.147. The van der Waals surface area contributed by atoms with E-state index in [9.17, 15) is 9.59 Å². The quantitative estimate of drug-likeness (QED) is 0.778. The molecule has 1 aliphatic heterocycles. The molecule has 2 rings (SSSR count). The molecule has 0 bridgehead atoms. The van der Waals surface area contributed by atoms with Crippen LogP contribution in [0.4, 0.5) is 0 Å². The lowest BCUT2D eigenvalue weighted by Crippen LogP contribution is -2.38. The molecule has 0 aliphatic carbocycles. The van der Waals surface area contributed by atoms with E-state index in [1.807, 2.05) is 0 Å². The van der Waals surface area contributed by atoms with Crippen LogP contribution in [-0.4, -0.2) is 44.1 Å². The first-order chi connectivity index (χ1) is 9.65. The number of methoxy groups -OCH3 is 2. The van der Waals surface area contributed by atoms with Crippen molar-refractivity contribution in [1.29, 1.82) is 0 Å². The number of ether oxygens (including phenoxy) is 2. The number of hydrogen-bond acceptors (Lipinski definition) is 6. The second-order valence-corrected chi connectivity index (χ2v) is 4.86. The number of esters is 2. The molecule has 0 spiro atoms. The zero-order chi connectivity index (χ0) is 14.5. The molecule has 1 atom stereocenters. The van der Waals surface area contributed by atoms with Gasteiger partial charge in [-0.1, -0.05) is 0 Å². The molecule has 0 amide bonds. The first-order valence-corrected chi connectivity index (χ1v) is 6.60. The van der Waals surface area contributed by atoms with E-state index in [-0.39, 0.29) is 17.6 Å². The van der Waals surface area contributed by atoms with Gasteiger partial charge in [-0.3, -0.25) is 9.69 Å². The van der Waals surface area contributed by atoms with Gasteiger partial charge in [0.15, 0.2) is 0 Å². The first-order valence-electron chi connectivity index (χ1n) is 6.60. The van der Waals surface area contributed by atoms with Crippen LogP contribution in [-0.2, 0) is 20.8 Å². The van der Waals surface area contributed by atoms with Gasteiger partial charge in [-0.05, 0) is 25.5 Å². The molecule has 0 saturated carbocycles. The average Bonchev–Trinajstić information content (AvgIpc) is 2.94. The summed E-state index contributed by atoms with van der Waals surface area (Å²) in [6, 6.07) is 1.76. The molecular weight excluding hydrogens is 262 g/mol. The molecule has 20 heavy (non-hydrogen) atoms. The van der Waals surface area contributed by atoms with Gasteiger partial charge in [0.25, 0.3) is 0 Å². The highest BCUT2D eigenvalue weighted by atomic mass is 16.5. The van der Waals surface area contributed by atoms with Gasteiger partial charge in [0, 0.05) is 18.7 Å². The van der Waals surface area contributed by atoms with Crippen molar-refractivity contribution in [1.82, 2.24) is 4.90 Å². The van der Waals surface area contributed by atoms with Crippen molar-refractivity contribution in [3.8, 4) is 0 Å². The molecule has 1 aromatic rings. The standard InChI is InChI=1S/C14H19NO5/c1-18-13(16)11-4-3-6-15(9-11)8-10-5-7-20-12(10)14(17)19-2/h5,7,11H,3-4,6,8-9H2,1-2H3. The van der Waals surface area contributed by atoms with Crippen molar-refractivity contribution in [2.45, 2.75) is 19.4 Å². The molecule has 1 saturated heterocycles. The van der Waals surface area contributed by atoms with E-state index in [2.05, 4.69) is 9.64 Å². The van der Waals surface area contributed by atoms with Crippen molar-refractivity contribution in [2.24, 2.45) is 5.92 Å². The van der Waals surface area contributed by atoms with Crippen molar-refractivity contribution in [3.63, 3.8) is 0 Å². The van der Waals surface area contributed by atoms with Crippen LogP contribution in [0.1, 0.15) is 29.0 Å². The third-order valence-electron chi connectivity index (χ3n) is 3.55. The summed E-state index contributed by atoms with van der Waals surface area (Å²) in [5, 5.41) is 0. The Bertz CT molecular complexity index is 482. The van der Waals surface area contributed by atoms with Gasteiger partial charge in [0.2, 0.25) is 5.76 Å². The maximum absolute atomic E-state index is 11.6. The Morgan fingerprint density at radius 2 is 2.20 bits per heavy atom. The largest absolute Gasteiger partial charge is 0.469 e. The molecule has 1 unspecified atom stereocenters. The number of carbonyl (C=O) groups is 2. The number of nitrogens with zero attached hydrogens (tertiary/aromatic N) is 1. The lowest BCUT2D eigenvalue weighted by atomic mass is 9.98. The Labute approximate surface area is 117 Å². The highest BCUT2D eigenvalue weighted by Gasteiger charge is 2.27. The molecule has 1 fully saturated rings. The van der Waals surface area contributed by atoms with Crippen LogP contribution in [0.25, 0.3) is 0 Å². The van der Waals surface area contributed by atoms with Gasteiger partial charge in [-0.25, -0.2) is 4.79 Å². The maximum Gasteiger partial charge on any atom is 0.374 e. The molecule has 1 aromatic heterocycles. The number of likely N-dealkylation sites (tertiary alicyclic amines) is 1. The molecule has 2 heterocycles. The minimum Gasteiger partial charge on any atom is -0.469 e. The van der Waals surface area contributed by atoms with E-state index in [1.165, 1.54) is 20.5 Å². The molecule has 0 N–H and O–H groups in total. The fourth-order valence-electron chi connectivity index (χ4n) is 2.53. The Hall–Kier alpha value is -1.82. The maximum atomic E-state index is 11.6. The van der Waals surface area contributed by atoms with E-state index >= 15 is 0 Å². The molecule has 1 aliphatic rings. The highest BCUT2D eigenvalue weighted by Crippen LogP contribution is 2.21. The third-order valence-corrected chi connectivity index (χ3v) is 3.55. The van der Waals surface area contributed by atoms with Crippen molar-refractivity contribution < 1.29 is 23.5 Å². The first kappa shape index (κ1) is 14.6. The minimum absolute atomic E-state index is 0.0952. The Kier molecular flexibility index (Phi) is 4.79. The summed E-state index contributed by atoms with van der Waals surface area (Å²) in [7, 11) is 2.73. The summed E-state index contributed by atoms with van der Waals surface area (Å²) in [5.41, 5.74) is 0.780. The van der Waals surface area contributed by atoms with Gasteiger partial charge in [0.05, 0.1) is 26.4 Å². The van der Waals surface area contributed by atoms with Crippen LogP contribution >= 0.6 is 0 Å². The Morgan fingerprint density at radius 1 is 1.40 bits per heavy atom. The predicted octanol–water partition coefficient (Wildman–Crippen LogP) is 1.45. The van der Waals surface area contributed by atoms with E-state index in [4.69, 9.17) is 9.15 Å². The zero-order valence-corrected chi connectivity index (χ0v) is 11.8. The molecule has 110 valence electrons. The normalized spacial score (nSPS) is 19.6. The second kappa shape index (κ2) is 6.56. The minimum atomic E-state index is -0.480. The van der Waals surface area contributed by atoms with E-state index in [0.717, 1.165) is 24.9 Å². The zero-order valence-electron chi connectivity index (χ0n) is 11.8. The highest BCUT2D eigenvalue weighted by molar-refractivity contribution is 5.87. The van der Waals surface area contributed by atoms with Crippen LogP contribution in [0.2, 0.25) is 0 Å². The van der Waals surface area contributed by atoms with Gasteiger partial charge in [-0.2, -0.15) is 0 Å².